The van der Waals surface area contributed by atoms with Gasteiger partial charge in [0.1, 0.15) is 5.82 Å². The minimum Gasteiger partial charge on any atom is -0.313 e. The molecule has 18 heavy (non-hydrogen) atoms. The molecule has 0 heterocycles. The summed E-state index contributed by atoms with van der Waals surface area (Å²) in [5.41, 5.74) is 0.508. The highest BCUT2D eigenvalue weighted by Gasteiger charge is 2.25. The Morgan fingerprint density at radius 3 is 2.50 bits per heavy atom. The van der Waals surface area contributed by atoms with Gasteiger partial charge in [-0.1, -0.05) is 22.0 Å². The fraction of sp³-hybridized carbons (Fsp3) is 0.500. The average Bonchev–Trinajstić information content (AvgIpc) is 2.24. The predicted octanol–water partition coefficient (Wildman–Crippen LogP) is 4.41. The maximum Gasteiger partial charge on any atom is 0.389 e. The Balaban J connectivity index is 2.18. The van der Waals surface area contributed by atoms with Gasteiger partial charge in [0.05, 0.1) is 0 Å². The second kappa shape index (κ2) is 7.09. The summed E-state index contributed by atoms with van der Waals surface area (Å²) in [5.74, 6) is -0.327. The van der Waals surface area contributed by atoms with E-state index in [-0.39, 0.29) is 12.2 Å². The number of alkyl halides is 3. The molecule has 0 amide bonds. The third kappa shape index (κ3) is 6.35. The van der Waals surface area contributed by atoms with Crippen molar-refractivity contribution in [3.8, 4) is 0 Å². The van der Waals surface area contributed by atoms with E-state index in [1.54, 1.807) is 12.1 Å². The number of unbranched alkanes of at least 4 members (excludes halogenated alkanes) is 1. The fourth-order valence-electron chi connectivity index (χ4n) is 1.46. The summed E-state index contributed by atoms with van der Waals surface area (Å²) in [6.45, 7) is 0.775. The summed E-state index contributed by atoms with van der Waals surface area (Å²) in [4.78, 5) is 0. The highest BCUT2D eigenvalue weighted by atomic mass is 79.9. The summed E-state index contributed by atoms with van der Waals surface area (Å²) >= 11 is 3.15. The molecule has 1 aromatic rings. The molecule has 0 fully saturated rings. The smallest absolute Gasteiger partial charge is 0.313 e. The van der Waals surface area contributed by atoms with Crippen molar-refractivity contribution in [3.63, 3.8) is 0 Å². The van der Waals surface area contributed by atoms with Gasteiger partial charge in [-0.05, 0) is 31.5 Å². The molecule has 0 radical (unpaired) electrons. The average molecular weight is 328 g/mol. The lowest BCUT2D eigenvalue weighted by atomic mass is 10.2. The minimum atomic E-state index is -4.09. The van der Waals surface area contributed by atoms with E-state index in [1.807, 2.05) is 0 Å². The number of rotatable bonds is 6. The molecule has 102 valence electrons. The molecule has 0 atom stereocenters. The second-order valence-electron chi connectivity index (χ2n) is 3.98. The van der Waals surface area contributed by atoms with Gasteiger partial charge < -0.3 is 5.32 Å². The topological polar surface area (TPSA) is 12.0 Å². The van der Waals surface area contributed by atoms with Crippen molar-refractivity contribution >= 4 is 15.9 Å². The van der Waals surface area contributed by atoms with Crippen molar-refractivity contribution in [2.24, 2.45) is 0 Å². The molecule has 0 aromatic heterocycles. The van der Waals surface area contributed by atoms with Crippen molar-refractivity contribution in [3.05, 3.63) is 34.1 Å². The van der Waals surface area contributed by atoms with Crippen molar-refractivity contribution in [2.45, 2.75) is 32.0 Å². The van der Waals surface area contributed by atoms with Gasteiger partial charge in [-0.25, -0.2) is 4.39 Å². The van der Waals surface area contributed by atoms with Gasteiger partial charge in [0.15, 0.2) is 0 Å². The Morgan fingerprint density at radius 1 is 1.17 bits per heavy atom. The van der Waals surface area contributed by atoms with Crippen LogP contribution < -0.4 is 5.32 Å². The molecular weight excluding hydrogens is 314 g/mol. The third-order valence-electron chi connectivity index (χ3n) is 2.39. The van der Waals surface area contributed by atoms with Gasteiger partial charge in [-0.15, -0.1) is 0 Å². The largest absolute Gasteiger partial charge is 0.389 e. The van der Waals surface area contributed by atoms with Crippen molar-refractivity contribution in [1.29, 1.82) is 0 Å². The number of benzene rings is 1. The third-order valence-corrected chi connectivity index (χ3v) is 2.89. The number of hydrogen-bond acceptors (Lipinski definition) is 1. The molecule has 0 unspecified atom stereocenters. The van der Waals surface area contributed by atoms with E-state index < -0.39 is 12.6 Å². The second-order valence-corrected chi connectivity index (χ2v) is 4.90. The molecule has 1 nitrogen and oxygen atoms in total. The SMILES string of the molecule is Fc1cc(Br)ccc1CNCCCCC(F)(F)F. The van der Waals surface area contributed by atoms with E-state index in [2.05, 4.69) is 21.2 Å². The van der Waals surface area contributed by atoms with Gasteiger partial charge in [0, 0.05) is 23.0 Å². The highest BCUT2D eigenvalue weighted by Crippen LogP contribution is 2.21. The molecule has 1 aromatic carbocycles. The first-order valence-electron chi connectivity index (χ1n) is 5.60. The molecular formula is C12H14BrF4N. The molecule has 1 N–H and O–H groups in total. The van der Waals surface area contributed by atoms with Crippen LogP contribution in [0.5, 0.6) is 0 Å². The zero-order valence-electron chi connectivity index (χ0n) is 9.66. The molecule has 0 saturated heterocycles. The Bertz CT molecular complexity index is 379. The van der Waals surface area contributed by atoms with Gasteiger partial charge in [-0.2, -0.15) is 13.2 Å². The van der Waals surface area contributed by atoms with Crippen LogP contribution in [0.1, 0.15) is 24.8 Å². The molecule has 6 heteroatoms. The predicted molar refractivity (Wildman–Crippen MR) is 65.7 cm³/mol. The summed E-state index contributed by atoms with van der Waals surface area (Å²) in [7, 11) is 0. The summed E-state index contributed by atoms with van der Waals surface area (Å²) in [6, 6.07) is 4.73. The first-order valence-corrected chi connectivity index (χ1v) is 6.39. The number of hydrogen-bond donors (Lipinski definition) is 1. The lowest BCUT2D eigenvalue weighted by Gasteiger charge is -2.08. The van der Waals surface area contributed by atoms with Crippen LogP contribution >= 0.6 is 15.9 Å². The zero-order chi connectivity index (χ0) is 13.6. The van der Waals surface area contributed by atoms with Crippen LogP contribution in [-0.2, 0) is 6.54 Å². The van der Waals surface area contributed by atoms with Gasteiger partial charge in [0.2, 0.25) is 0 Å². The van der Waals surface area contributed by atoms with E-state index in [4.69, 9.17) is 0 Å². The lowest BCUT2D eigenvalue weighted by molar-refractivity contribution is -0.135. The molecule has 0 aliphatic carbocycles. The lowest BCUT2D eigenvalue weighted by Crippen LogP contribution is -2.16. The first-order chi connectivity index (χ1) is 8.38. The van der Waals surface area contributed by atoms with Crippen molar-refractivity contribution in [1.82, 2.24) is 5.32 Å². The van der Waals surface area contributed by atoms with Crippen LogP contribution in [0.15, 0.2) is 22.7 Å². The maximum atomic E-state index is 13.4. The molecule has 0 saturated carbocycles. The Labute approximate surface area is 112 Å². The van der Waals surface area contributed by atoms with Crippen molar-refractivity contribution in [2.75, 3.05) is 6.54 Å². The van der Waals surface area contributed by atoms with E-state index in [1.165, 1.54) is 6.07 Å². The molecule has 0 aliphatic rings. The molecule has 1 rings (SSSR count). The number of nitrogens with one attached hydrogen (secondary N) is 1. The first kappa shape index (κ1) is 15.4. The van der Waals surface area contributed by atoms with Crippen LogP contribution in [0.4, 0.5) is 17.6 Å². The highest BCUT2D eigenvalue weighted by molar-refractivity contribution is 9.10. The van der Waals surface area contributed by atoms with E-state index in [0.29, 0.717) is 29.5 Å². The quantitative estimate of drug-likeness (QED) is 0.602. The summed E-state index contributed by atoms with van der Waals surface area (Å²) < 4.78 is 49.6. The van der Waals surface area contributed by atoms with E-state index in [9.17, 15) is 17.6 Å². The maximum absolute atomic E-state index is 13.4. The van der Waals surface area contributed by atoms with Gasteiger partial charge >= 0.3 is 6.18 Å². The summed E-state index contributed by atoms with van der Waals surface area (Å²) in [6.07, 6.45) is -4.32. The Kier molecular flexibility index (Phi) is 6.08. The Hall–Kier alpha value is -0.620. The van der Waals surface area contributed by atoms with Crippen LogP contribution in [-0.4, -0.2) is 12.7 Å². The van der Waals surface area contributed by atoms with Crippen molar-refractivity contribution < 1.29 is 17.6 Å². The summed E-state index contributed by atoms with van der Waals surface area (Å²) in [5, 5.41) is 2.93. The van der Waals surface area contributed by atoms with Crippen LogP contribution in [0.3, 0.4) is 0 Å². The number of halogens is 5. The molecule has 0 bridgehead atoms. The zero-order valence-corrected chi connectivity index (χ0v) is 11.2. The Morgan fingerprint density at radius 2 is 1.89 bits per heavy atom. The van der Waals surface area contributed by atoms with Crippen LogP contribution in [0, 0.1) is 5.82 Å². The molecule has 0 aliphatic heterocycles. The van der Waals surface area contributed by atoms with Crippen LogP contribution in [0.2, 0.25) is 0 Å². The standard InChI is InChI=1S/C12H14BrF4N/c13-10-4-3-9(11(14)7-10)8-18-6-2-1-5-12(15,16)17/h3-4,7,18H,1-2,5-6,8H2. The van der Waals surface area contributed by atoms with Gasteiger partial charge in [-0.3, -0.25) is 0 Å². The fourth-order valence-corrected chi connectivity index (χ4v) is 1.80. The van der Waals surface area contributed by atoms with Gasteiger partial charge in [0.25, 0.3) is 0 Å². The van der Waals surface area contributed by atoms with Crippen LogP contribution in [0.25, 0.3) is 0 Å². The molecule has 0 spiro atoms. The normalized spacial score (nSPS) is 11.8. The van der Waals surface area contributed by atoms with E-state index in [0.717, 1.165) is 0 Å². The monoisotopic (exact) mass is 327 g/mol. The minimum absolute atomic E-state index is 0.0965. The van der Waals surface area contributed by atoms with E-state index >= 15 is 0 Å².